The van der Waals surface area contributed by atoms with Crippen molar-refractivity contribution >= 4 is 39.5 Å². The molecule has 0 saturated heterocycles. The maximum Gasteiger partial charge on any atom is 0.472 e. The average molecular weight is 1410 g/mol. The van der Waals surface area contributed by atoms with E-state index in [9.17, 15) is 43.2 Å². The van der Waals surface area contributed by atoms with E-state index in [2.05, 4.69) is 55.4 Å². The molecule has 0 aliphatic heterocycles. The van der Waals surface area contributed by atoms with Crippen molar-refractivity contribution in [2.45, 2.75) is 408 Å². The van der Waals surface area contributed by atoms with E-state index in [4.69, 9.17) is 37.0 Å². The molecule has 0 aliphatic rings. The Balaban J connectivity index is 5.25. The van der Waals surface area contributed by atoms with Crippen molar-refractivity contribution in [1.29, 1.82) is 0 Å². The van der Waals surface area contributed by atoms with Crippen LogP contribution in [-0.2, 0) is 65.4 Å². The number of phosphoric acid groups is 2. The van der Waals surface area contributed by atoms with Crippen molar-refractivity contribution in [2.75, 3.05) is 39.6 Å². The summed E-state index contributed by atoms with van der Waals surface area (Å²) in [4.78, 5) is 72.9. The van der Waals surface area contributed by atoms with Gasteiger partial charge in [-0.1, -0.05) is 338 Å². The summed E-state index contributed by atoms with van der Waals surface area (Å²) in [6.07, 6.45) is 51.3. The highest BCUT2D eigenvalue weighted by Gasteiger charge is 2.30. The molecule has 0 aromatic heterocycles. The van der Waals surface area contributed by atoms with Crippen LogP contribution in [0.4, 0.5) is 0 Å². The molecular weight excluding hydrogens is 1260 g/mol. The van der Waals surface area contributed by atoms with Gasteiger partial charge in [-0.15, -0.1) is 0 Å². The van der Waals surface area contributed by atoms with E-state index in [-0.39, 0.29) is 25.7 Å². The summed E-state index contributed by atoms with van der Waals surface area (Å²) in [6, 6.07) is 0. The predicted octanol–water partition coefficient (Wildman–Crippen LogP) is 22.4. The number of esters is 4. The molecule has 19 heteroatoms. The fraction of sp³-hybridized carbons (Fsp3) is 0.948. The lowest BCUT2D eigenvalue weighted by molar-refractivity contribution is -0.161. The van der Waals surface area contributed by atoms with Gasteiger partial charge in [-0.3, -0.25) is 37.3 Å². The standard InChI is InChI=1S/C77H150O17P2/c1-9-69(7)55-47-39-31-25-21-22-28-34-44-52-60-77(82)93-72(63-87-74(79)57-49-41-32-26-19-15-13-11-12-14-17-23-29-37-45-53-67(3)4)65-91-95(83,84)89-61-71(78)62-90-96(85,86)92-66-73(64-88-75(80)58-50-42-36-35-40-48-56-70(8)10-2)94-76(81)59-51-43-33-27-20-16-18-24-30-38-46-54-68(5)6/h67-73,78H,9-66H2,1-8H3,(H,83,84)(H,85,86)/t69?,70?,71-,72-,73-/m1/s1. The molecule has 0 radical (unpaired) electrons. The normalized spacial score (nSPS) is 14.7. The van der Waals surface area contributed by atoms with Gasteiger partial charge in [0.05, 0.1) is 26.4 Å². The van der Waals surface area contributed by atoms with Gasteiger partial charge in [0, 0.05) is 25.7 Å². The molecule has 17 nitrogen and oxygen atoms in total. The summed E-state index contributed by atoms with van der Waals surface area (Å²) < 4.78 is 68.6. The Morgan fingerprint density at radius 1 is 0.292 bits per heavy atom. The van der Waals surface area contributed by atoms with Crippen LogP contribution in [-0.4, -0.2) is 96.7 Å². The van der Waals surface area contributed by atoms with Gasteiger partial charge in [0.25, 0.3) is 0 Å². The predicted molar refractivity (Wildman–Crippen MR) is 391 cm³/mol. The molecule has 0 bridgehead atoms. The van der Waals surface area contributed by atoms with Gasteiger partial charge in [0.2, 0.25) is 0 Å². The molecule has 0 heterocycles. The number of ether oxygens (including phenoxy) is 4. The third-order valence-electron chi connectivity index (χ3n) is 18.5. The first kappa shape index (κ1) is 94.1. The molecule has 0 fully saturated rings. The Kier molecular flexibility index (Phi) is 65.0. The van der Waals surface area contributed by atoms with Crippen LogP contribution in [0.1, 0.15) is 389 Å². The number of hydrogen-bond donors (Lipinski definition) is 3. The largest absolute Gasteiger partial charge is 0.472 e. The van der Waals surface area contributed by atoms with Gasteiger partial charge in [-0.25, -0.2) is 9.13 Å². The molecule has 0 aromatic rings. The summed E-state index contributed by atoms with van der Waals surface area (Å²) in [5.74, 6) is 0.985. The van der Waals surface area contributed by atoms with E-state index >= 15 is 0 Å². The number of rotatable bonds is 74. The molecule has 0 saturated carbocycles. The van der Waals surface area contributed by atoms with E-state index in [0.29, 0.717) is 25.7 Å². The second-order valence-electron chi connectivity index (χ2n) is 29.2. The Morgan fingerprint density at radius 3 is 0.740 bits per heavy atom. The lowest BCUT2D eigenvalue weighted by atomic mass is 9.99. The summed E-state index contributed by atoms with van der Waals surface area (Å²) in [5, 5.41) is 10.6. The molecule has 0 aliphatic carbocycles. The third kappa shape index (κ3) is 67.9. The maximum absolute atomic E-state index is 13.1. The number of unbranched alkanes of at least 4 members (excludes halogenated alkanes) is 38. The first-order valence-electron chi connectivity index (χ1n) is 39.8. The van der Waals surface area contributed by atoms with Crippen molar-refractivity contribution in [3.63, 3.8) is 0 Å². The van der Waals surface area contributed by atoms with Crippen molar-refractivity contribution in [3.8, 4) is 0 Å². The monoisotopic (exact) mass is 1410 g/mol. The molecule has 0 aromatic carbocycles. The Bertz CT molecular complexity index is 1890. The first-order chi connectivity index (χ1) is 46.2. The summed E-state index contributed by atoms with van der Waals surface area (Å²) in [7, 11) is -9.92. The highest BCUT2D eigenvalue weighted by atomic mass is 31.2. The Labute approximate surface area is 588 Å². The van der Waals surface area contributed by atoms with Crippen LogP contribution in [0.25, 0.3) is 0 Å². The average Bonchev–Trinajstić information content (AvgIpc) is 2.90. The number of carbonyl (C=O) groups excluding carboxylic acids is 4. The Hall–Kier alpha value is -1.94. The second kappa shape index (κ2) is 66.3. The van der Waals surface area contributed by atoms with Crippen molar-refractivity contribution < 1.29 is 80.2 Å². The smallest absolute Gasteiger partial charge is 0.462 e. The zero-order valence-electron chi connectivity index (χ0n) is 63.0. The molecule has 3 N–H and O–H groups in total. The first-order valence-corrected chi connectivity index (χ1v) is 42.8. The van der Waals surface area contributed by atoms with E-state index in [1.165, 1.54) is 186 Å². The van der Waals surface area contributed by atoms with Crippen LogP contribution in [0.3, 0.4) is 0 Å². The van der Waals surface area contributed by atoms with Crippen molar-refractivity contribution in [3.05, 3.63) is 0 Å². The van der Waals surface area contributed by atoms with Gasteiger partial charge >= 0.3 is 39.5 Å². The van der Waals surface area contributed by atoms with Crippen LogP contribution in [0.2, 0.25) is 0 Å². The van der Waals surface area contributed by atoms with Gasteiger partial charge < -0.3 is 33.8 Å². The molecule has 570 valence electrons. The number of phosphoric ester groups is 2. The van der Waals surface area contributed by atoms with E-state index < -0.39 is 97.5 Å². The molecule has 7 atom stereocenters. The van der Waals surface area contributed by atoms with Crippen LogP contribution < -0.4 is 0 Å². The zero-order chi connectivity index (χ0) is 71.0. The van der Waals surface area contributed by atoms with Crippen molar-refractivity contribution in [1.82, 2.24) is 0 Å². The van der Waals surface area contributed by atoms with Crippen LogP contribution in [0.15, 0.2) is 0 Å². The van der Waals surface area contributed by atoms with Crippen molar-refractivity contribution in [2.24, 2.45) is 23.7 Å². The number of hydrogen-bond acceptors (Lipinski definition) is 15. The van der Waals surface area contributed by atoms with E-state index in [1.54, 1.807) is 0 Å². The number of carbonyl (C=O) groups is 4. The quantitative estimate of drug-likeness (QED) is 0.0222. The molecule has 0 spiro atoms. The summed E-state index contributed by atoms with van der Waals surface area (Å²) >= 11 is 0. The van der Waals surface area contributed by atoms with Gasteiger partial charge in [-0.05, 0) is 49.4 Å². The number of aliphatic hydroxyl groups is 1. The zero-order valence-corrected chi connectivity index (χ0v) is 64.8. The van der Waals surface area contributed by atoms with Crippen LogP contribution in [0, 0.1) is 23.7 Å². The molecule has 0 rings (SSSR count). The summed E-state index contributed by atoms with van der Waals surface area (Å²) in [6.45, 7) is 14.2. The van der Waals surface area contributed by atoms with Gasteiger partial charge in [0.1, 0.15) is 19.3 Å². The fourth-order valence-electron chi connectivity index (χ4n) is 11.7. The molecule has 96 heavy (non-hydrogen) atoms. The van der Waals surface area contributed by atoms with E-state index in [0.717, 1.165) is 120 Å². The molecular formula is C77H150O17P2. The van der Waals surface area contributed by atoms with Crippen LogP contribution in [0.5, 0.6) is 0 Å². The SMILES string of the molecule is CCC(C)CCCCCCCCCCCCC(=O)O[C@H](COC(=O)CCCCCCCCCCCCCCCCCC(C)C)COP(=O)(O)OC[C@@H](O)COP(=O)(O)OC[C@@H](COC(=O)CCCCCCCCC(C)CC)OC(=O)CCCCCCCCCCCCCC(C)C. The van der Waals surface area contributed by atoms with E-state index in [1.807, 2.05) is 0 Å². The minimum Gasteiger partial charge on any atom is -0.462 e. The minimum atomic E-state index is -4.96. The molecule has 0 amide bonds. The second-order valence-corrected chi connectivity index (χ2v) is 32.1. The lowest BCUT2D eigenvalue weighted by Crippen LogP contribution is -2.30. The maximum atomic E-state index is 13.1. The lowest BCUT2D eigenvalue weighted by Gasteiger charge is -2.21. The highest BCUT2D eigenvalue weighted by molar-refractivity contribution is 7.47. The van der Waals surface area contributed by atoms with Gasteiger partial charge in [0.15, 0.2) is 12.2 Å². The fourth-order valence-corrected chi connectivity index (χ4v) is 13.2. The Morgan fingerprint density at radius 2 is 0.500 bits per heavy atom. The minimum absolute atomic E-state index is 0.105. The number of aliphatic hydroxyl groups excluding tert-OH is 1. The highest BCUT2D eigenvalue weighted by Crippen LogP contribution is 2.45. The molecule has 4 unspecified atom stereocenters. The topological polar surface area (TPSA) is 237 Å². The summed E-state index contributed by atoms with van der Waals surface area (Å²) in [5.41, 5.74) is 0. The van der Waals surface area contributed by atoms with Crippen LogP contribution >= 0.6 is 15.6 Å². The van der Waals surface area contributed by atoms with Gasteiger partial charge in [-0.2, -0.15) is 0 Å². The third-order valence-corrected chi connectivity index (χ3v) is 20.4.